The first kappa shape index (κ1) is 36.5. The average Bonchev–Trinajstić information content (AvgIpc) is 3.62. The first-order valence-electron chi connectivity index (χ1n) is 18.8. The van der Waals surface area contributed by atoms with Crippen LogP contribution in [0.4, 0.5) is 0 Å². The van der Waals surface area contributed by atoms with Crippen LogP contribution in [0.1, 0.15) is 117 Å². The van der Waals surface area contributed by atoms with E-state index in [2.05, 4.69) is 61.8 Å². The van der Waals surface area contributed by atoms with Crippen molar-refractivity contribution < 1.29 is 18.3 Å². The summed E-state index contributed by atoms with van der Waals surface area (Å²) in [4.78, 5) is 29.4. The Hall–Kier alpha value is -2.29. The van der Waals surface area contributed by atoms with Crippen molar-refractivity contribution in [2.24, 2.45) is 57.4 Å². The Morgan fingerprint density at radius 1 is 1.08 bits per heavy atom. The zero-order chi connectivity index (χ0) is 35.1. The van der Waals surface area contributed by atoms with E-state index in [-0.39, 0.29) is 24.5 Å². The fourth-order valence-corrected chi connectivity index (χ4v) is 11.8. The molecule has 0 amide bonds. The van der Waals surface area contributed by atoms with Crippen molar-refractivity contribution in [3.63, 3.8) is 0 Å². The first-order chi connectivity index (χ1) is 23.3. The third-order valence-corrected chi connectivity index (χ3v) is 14.6. The Kier molecular flexibility index (Phi) is 11.0. The van der Waals surface area contributed by atoms with Gasteiger partial charge < -0.3 is 4.74 Å². The maximum Gasteiger partial charge on any atom is 0.697 e. The molecule has 1 N–H and O–H groups in total. The lowest BCUT2D eigenvalue weighted by Gasteiger charge is -2.59. The second kappa shape index (κ2) is 14.7. The number of nitrogens with one attached hydrogen (secondary N) is 1. The summed E-state index contributed by atoms with van der Waals surface area (Å²) in [5.41, 5.74) is 9.06. The fraction of sp³-hybridized carbons (Fsp3) is 0.838. The molecule has 1 saturated heterocycles. The van der Waals surface area contributed by atoms with Crippen LogP contribution in [-0.4, -0.2) is 34.4 Å². The average molecular weight is 699 g/mol. The predicted molar refractivity (Wildman–Crippen MR) is 189 cm³/mol. The van der Waals surface area contributed by atoms with Gasteiger partial charge in [-0.15, -0.1) is 9.05 Å². The number of aromatic amines is 1. The van der Waals surface area contributed by atoms with Crippen LogP contribution in [0.3, 0.4) is 0 Å². The number of fused-ring (bicyclic) bond motifs is 5. The van der Waals surface area contributed by atoms with Gasteiger partial charge in [-0.25, -0.2) is 4.79 Å². The molecule has 0 bridgehead atoms. The van der Waals surface area contributed by atoms with E-state index in [9.17, 15) is 14.2 Å². The van der Waals surface area contributed by atoms with E-state index in [1.165, 1.54) is 55.7 Å². The number of hydrogen-bond donors (Lipinski definition) is 1. The van der Waals surface area contributed by atoms with Gasteiger partial charge in [0.15, 0.2) is 0 Å². The molecule has 6 rings (SSSR count). The molecule has 5 aliphatic rings. The van der Waals surface area contributed by atoms with Crippen molar-refractivity contribution in [2.45, 2.75) is 137 Å². The van der Waals surface area contributed by atoms with Gasteiger partial charge in [-0.1, -0.05) is 71.1 Å². The minimum absolute atomic E-state index is 0.110. The lowest BCUT2D eigenvalue weighted by Crippen LogP contribution is -2.52. The molecule has 1 aromatic heterocycles. The number of rotatable bonds is 12. The van der Waals surface area contributed by atoms with Crippen LogP contribution < -0.4 is 11.2 Å². The largest absolute Gasteiger partial charge is 0.697 e. The van der Waals surface area contributed by atoms with Gasteiger partial charge in [-0.3, -0.25) is 14.3 Å². The number of nitrogens with zero attached hydrogens (tertiary/aromatic N) is 4. The minimum atomic E-state index is -2.43. The van der Waals surface area contributed by atoms with E-state index in [4.69, 9.17) is 19.3 Å². The summed E-state index contributed by atoms with van der Waals surface area (Å²) < 4.78 is 32.0. The smallest absolute Gasteiger partial charge is 0.352 e. The van der Waals surface area contributed by atoms with Gasteiger partial charge in [0, 0.05) is 27.7 Å². The van der Waals surface area contributed by atoms with Gasteiger partial charge in [0.2, 0.25) is 0 Å². The Morgan fingerprint density at radius 3 is 2.59 bits per heavy atom. The predicted octanol–water partition coefficient (Wildman–Crippen LogP) is 8.77. The lowest BCUT2D eigenvalue weighted by molar-refractivity contribution is -0.0794. The Bertz CT molecular complexity index is 1570. The van der Waals surface area contributed by atoms with Gasteiger partial charge in [-0.05, 0) is 110 Å². The van der Waals surface area contributed by atoms with E-state index in [0.717, 1.165) is 42.9 Å². The Labute approximate surface area is 291 Å². The molecule has 0 spiro atoms. The molecular formula is C37H57N5O6P+. The third kappa shape index (κ3) is 7.26. The van der Waals surface area contributed by atoms with Crippen molar-refractivity contribution in [1.29, 1.82) is 0 Å². The second-order valence-corrected chi connectivity index (χ2v) is 17.9. The van der Waals surface area contributed by atoms with Crippen LogP contribution in [0.25, 0.3) is 10.4 Å². The molecule has 1 aliphatic heterocycles. The summed E-state index contributed by atoms with van der Waals surface area (Å²) in [7, 11) is -2.43. The van der Waals surface area contributed by atoms with Crippen LogP contribution >= 0.6 is 8.25 Å². The molecule has 0 aromatic carbocycles. The fourth-order valence-electron chi connectivity index (χ4n) is 11.0. The van der Waals surface area contributed by atoms with Gasteiger partial charge >= 0.3 is 13.9 Å². The van der Waals surface area contributed by atoms with Gasteiger partial charge in [0.1, 0.15) is 18.9 Å². The molecule has 4 aliphatic carbocycles. The summed E-state index contributed by atoms with van der Waals surface area (Å²) in [6.45, 7) is 13.8. The third-order valence-electron chi connectivity index (χ3n) is 13.8. The van der Waals surface area contributed by atoms with Crippen molar-refractivity contribution in [1.82, 2.24) is 9.55 Å². The van der Waals surface area contributed by atoms with E-state index in [1.54, 1.807) is 6.92 Å². The topological polar surface area (TPSA) is 148 Å². The van der Waals surface area contributed by atoms with E-state index >= 15 is 0 Å². The molecule has 49 heavy (non-hydrogen) atoms. The highest BCUT2D eigenvalue weighted by Crippen LogP contribution is 2.67. The highest BCUT2D eigenvalue weighted by atomic mass is 31.1. The summed E-state index contributed by atoms with van der Waals surface area (Å²) in [5.74, 6) is 4.92. The number of aromatic nitrogens is 2. The van der Waals surface area contributed by atoms with Crippen LogP contribution in [0, 0.1) is 59.2 Å². The second-order valence-electron chi connectivity index (χ2n) is 17.0. The molecule has 3 saturated carbocycles. The highest BCUT2D eigenvalue weighted by molar-refractivity contribution is 7.33. The van der Waals surface area contributed by atoms with E-state index in [0.29, 0.717) is 28.7 Å². The van der Waals surface area contributed by atoms with Gasteiger partial charge in [0.25, 0.3) is 5.56 Å². The number of azide groups is 1. The minimum Gasteiger partial charge on any atom is -0.352 e. The van der Waals surface area contributed by atoms with Crippen molar-refractivity contribution in [3.8, 4) is 0 Å². The Balaban J connectivity index is 1.04. The molecule has 13 unspecified atom stereocenters. The molecule has 4 fully saturated rings. The van der Waals surface area contributed by atoms with Crippen LogP contribution in [0.5, 0.6) is 0 Å². The monoisotopic (exact) mass is 698 g/mol. The van der Waals surface area contributed by atoms with Gasteiger partial charge in [0.05, 0.1) is 12.1 Å². The first-order valence-corrected chi connectivity index (χ1v) is 19.9. The molecule has 13 atom stereocenters. The summed E-state index contributed by atoms with van der Waals surface area (Å²) in [6.07, 6.45) is 17.2. The van der Waals surface area contributed by atoms with Crippen LogP contribution in [0.15, 0.2) is 33.1 Å². The molecule has 2 heterocycles. The van der Waals surface area contributed by atoms with E-state index in [1.807, 2.05) is 0 Å². The quantitative estimate of drug-likeness (QED) is 0.0759. The number of allylic oxidation sites excluding steroid dienone is 2. The van der Waals surface area contributed by atoms with Gasteiger partial charge in [-0.2, -0.15) is 0 Å². The molecule has 0 radical (unpaired) electrons. The molecular weight excluding hydrogens is 641 g/mol. The van der Waals surface area contributed by atoms with Crippen molar-refractivity contribution in [3.05, 3.63) is 55.2 Å². The Morgan fingerprint density at radius 2 is 1.84 bits per heavy atom. The zero-order valence-electron chi connectivity index (χ0n) is 30.3. The lowest BCUT2D eigenvalue weighted by atomic mass is 9.46. The van der Waals surface area contributed by atoms with Crippen molar-refractivity contribution in [2.75, 3.05) is 6.61 Å². The van der Waals surface area contributed by atoms with Crippen LogP contribution in [-0.2, 0) is 18.3 Å². The zero-order valence-corrected chi connectivity index (χ0v) is 31.1. The number of hydrogen-bond acceptors (Lipinski definition) is 7. The molecule has 11 nitrogen and oxygen atoms in total. The molecule has 12 heteroatoms. The van der Waals surface area contributed by atoms with E-state index < -0.39 is 37.9 Å². The maximum atomic E-state index is 13.1. The number of ether oxygens (including phenoxy) is 1. The SMILES string of the molecule is Cc1cn(C2CC(N=[N+]=[N-])C(CO[P+](=O)OC3CCC4(C)C(C=CC5C4CCC4(C)C(C(C)CCCC(C)C)CCC54)C3)O2)c(=O)[nH]c1=O. The summed E-state index contributed by atoms with van der Waals surface area (Å²) in [5, 5.41) is 3.83. The summed E-state index contributed by atoms with van der Waals surface area (Å²) >= 11 is 0. The number of aryl methyl sites for hydroxylation is 1. The normalized spacial score (nSPS) is 39.2. The van der Waals surface area contributed by atoms with Crippen LogP contribution in [0.2, 0.25) is 0 Å². The molecule has 1 aromatic rings. The molecule has 270 valence electrons. The summed E-state index contributed by atoms with van der Waals surface area (Å²) in [6, 6.07) is -0.631. The number of H-pyrrole nitrogens is 1. The van der Waals surface area contributed by atoms with Crippen molar-refractivity contribution >= 4 is 8.25 Å². The standard InChI is InChI=1S/C37H56N5O6P/c1-22(2)8-7-9-23(3)28-12-13-29-27-11-10-25-18-26(14-16-36(25,5)30(27)15-17-37(28,29)6)48-49(45)46-21-32-31(40-41-38)19-33(47-32)42-20-24(4)34(43)39-35(42)44/h10-11,20,22-23,25-33H,7-9,12-19,21H2,1-6H3/p+1. The highest BCUT2D eigenvalue weighted by Gasteiger charge is 2.60. The maximum absolute atomic E-state index is 13.1.